The molecule has 2 N–H and O–H groups in total. The van der Waals surface area contributed by atoms with Crippen molar-refractivity contribution in [3.8, 4) is 5.75 Å². The zero-order valence-electron chi connectivity index (χ0n) is 12.7. The fourth-order valence-electron chi connectivity index (χ4n) is 2.03. The number of hydrogen-bond donors (Lipinski definition) is 2. The van der Waals surface area contributed by atoms with Crippen molar-refractivity contribution in [3.05, 3.63) is 69.2 Å². The Morgan fingerprint density at radius 1 is 1.24 bits per heavy atom. The highest BCUT2D eigenvalue weighted by atomic mass is 35.5. The fraction of sp³-hybridized carbons (Fsp3) is 0.125. The van der Waals surface area contributed by atoms with Crippen LogP contribution in [0.3, 0.4) is 0 Å². The number of aliphatic carboxylic acids is 1. The minimum Gasteiger partial charge on any atom is -0.479 e. The van der Waals surface area contributed by atoms with Gasteiger partial charge in [0.25, 0.3) is 5.91 Å². The summed E-state index contributed by atoms with van der Waals surface area (Å²) in [6, 6.07) is 10.6. The zero-order valence-corrected chi connectivity index (χ0v) is 13.5. The molecular weight excluding hydrogens is 352 g/mol. The number of nitro benzene ring substituents is 1. The van der Waals surface area contributed by atoms with Gasteiger partial charge in [0.15, 0.2) is 18.4 Å². The molecule has 0 spiro atoms. The minimum atomic E-state index is -1.25. The average Bonchev–Trinajstić information content (AvgIpc) is 2.59. The monoisotopic (exact) mass is 364 g/mol. The van der Waals surface area contributed by atoms with Crippen molar-refractivity contribution >= 4 is 29.2 Å². The van der Waals surface area contributed by atoms with Crippen LogP contribution in [0.5, 0.6) is 5.75 Å². The second-order valence-electron chi connectivity index (χ2n) is 4.91. The molecule has 0 saturated carbocycles. The third kappa shape index (κ3) is 4.92. The third-order valence-corrected chi connectivity index (χ3v) is 3.40. The van der Waals surface area contributed by atoms with Crippen LogP contribution in [-0.2, 0) is 9.59 Å². The van der Waals surface area contributed by atoms with Crippen LogP contribution in [-0.4, -0.2) is 28.5 Å². The Morgan fingerprint density at radius 2 is 1.92 bits per heavy atom. The molecule has 2 rings (SSSR count). The summed E-state index contributed by atoms with van der Waals surface area (Å²) in [5.74, 6) is -2.12. The zero-order chi connectivity index (χ0) is 18.4. The second-order valence-corrected chi connectivity index (χ2v) is 5.34. The smallest absolute Gasteiger partial charge is 0.330 e. The van der Waals surface area contributed by atoms with Gasteiger partial charge in [-0.25, -0.2) is 4.79 Å². The molecule has 8 nitrogen and oxygen atoms in total. The van der Waals surface area contributed by atoms with Crippen molar-refractivity contribution in [1.29, 1.82) is 0 Å². The molecule has 0 saturated heterocycles. The van der Waals surface area contributed by atoms with Crippen LogP contribution < -0.4 is 10.1 Å². The van der Waals surface area contributed by atoms with Crippen molar-refractivity contribution in [2.45, 2.75) is 6.04 Å². The number of carbonyl (C=O) groups is 2. The van der Waals surface area contributed by atoms with Crippen molar-refractivity contribution in [2.75, 3.05) is 6.61 Å². The van der Waals surface area contributed by atoms with Gasteiger partial charge in [0.2, 0.25) is 0 Å². The first-order valence-corrected chi connectivity index (χ1v) is 7.40. The molecule has 130 valence electrons. The number of nitro groups is 1. The normalized spacial score (nSPS) is 11.4. The third-order valence-electron chi connectivity index (χ3n) is 3.16. The maximum Gasteiger partial charge on any atom is 0.330 e. The quantitative estimate of drug-likeness (QED) is 0.575. The number of nitrogens with zero attached hydrogens (tertiary/aromatic N) is 1. The Balaban J connectivity index is 2.05. The number of amides is 1. The lowest BCUT2D eigenvalue weighted by Gasteiger charge is -2.15. The van der Waals surface area contributed by atoms with Gasteiger partial charge >= 0.3 is 11.7 Å². The van der Waals surface area contributed by atoms with E-state index in [1.54, 1.807) is 30.3 Å². The molecule has 1 amide bonds. The van der Waals surface area contributed by atoms with Gasteiger partial charge in [0.05, 0.1) is 4.92 Å². The van der Waals surface area contributed by atoms with Crippen molar-refractivity contribution in [2.24, 2.45) is 0 Å². The summed E-state index contributed by atoms with van der Waals surface area (Å²) in [4.78, 5) is 33.6. The molecule has 0 aliphatic carbocycles. The lowest BCUT2D eigenvalue weighted by Crippen LogP contribution is -2.36. The lowest BCUT2D eigenvalue weighted by molar-refractivity contribution is -0.385. The lowest BCUT2D eigenvalue weighted by atomic mass is 10.1. The molecule has 0 aromatic heterocycles. The molecule has 1 atom stereocenters. The predicted octanol–water partition coefficient (Wildman–Crippen LogP) is 2.57. The van der Waals surface area contributed by atoms with Gasteiger partial charge in [-0.1, -0.05) is 41.9 Å². The number of carboxylic acids is 1. The van der Waals surface area contributed by atoms with Crippen LogP contribution in [0.2, 0.25) is 5.02 Å². The first-order chi connectivity index (χ1) is 11.9. The van der Waals surface area contributed by atoms with Crippen LogP contribution >= 0.6 is 11.6 Å². The molecule has 0 aliphatic heterocycles. The predicted molar refractivity (Wildman–Crippen MR) is 88.6 cm³/mol. The summed E-state index contributed by atoms with van der Waals surface area (Å²) in [6.45, 7) is -0.584. The van der Waals surface area contributed by atoms with E-state index in [0.29, 0.717) is 5.56 Å². The van der Waals surface area contributed by atoms with E-state index in [1.807, 2.05) is 0 Å². The molecule has 0 heterocycles. The van der Waals surface area contributed by atoms with Gasteiger partial charge < -0.3 is 15.2 Å². The average molecular weight is 365 g/mol. The molecule has 0 unspecified atom stereocenters. The first kappa shape index (κ1) is 18.2. The number of nitrogens with one attached hydrogen (secondary N) is 1. The molecule has 25 heavy (non-hydrogen) atoms. The molecule has 9 heteroatoms. The molecule has 0 bridgehead atoms. The van der Waals surface area contributed by atoms with Crippen molar-refractivity contribution < 1.29 is 24.4 Å². The standard InChI is InChI=1S/C16H13ClN2O6/c17-11-6-7-13(12(8-11)19(23)24)25-9-14(20)18-15(16(21)22)10-4-2-1-3-5-10/h1-8,15H,9H2,(H,18,20)(H,21,22)/t15-/m0/s1. The molecule has 0 radical (unpaired) electrons. The largest absolute Gasteiger partial charge is 0.479 e. The van der Waals surface area contributed by atoms with Crippen molar-refractivity contribution in [3.63, 3.8) is 0 Å². The van der Waals surface area contributed by atoms with Gasteiger partial charge in [0.1, 0.15) is 0 Å². The maximum absolute atomic E-state index is 12.0. The van der Waals surface area contributed by atoms with Crippen LogP contribution in [0.1, 0.15) is 11.6 Å². The number of hydrogen-bond acceptors (Lipinski definition) is 5. The van der Waals surface area contributed by atoms with E-state index in [9.17, 15) is 24.8 Å². The van der Waals surface area contributed by atoms with E-state index in [4.69, 9.17) is 16.3 Å². The Labute approximate surface area is 147 Å². The number of carboxylic acid groups (broad SMARTS) is 1. The van der Waals surface area contributed by atoms with E-state index in [-0.39, 0.29) is 10.8 Å². The maximum atomic E-state index is 12.0. The highest BCUT2D eigenvalue weighted by molar-refractivity contribution is 6.30. The van der Waals surface area contributed by atoms with Crippen LogP contribution in [0.25, 0.3) is 0 Å². The van der Waals surface area contributed by atoms with E-state index >= 15 is 0 Å². The van der Waals surface area contributed by atoms with Gasteiger partial charge in [-0.15, -0.1) is 0 Å². The Bertz CT molecular complexity index is 796. The van der Waals surface area contributed by atoms with Crippen LogP contribution in [0, 0.1) is 10.1 Å². The van der Waals surface area contributed by atoms with E-state index in [0.717, 1.165) is 6.07 Å². The number of carbonyl (C=O) groups excluding carboxylic acids is 1. The van der Waals surface area contributed by atoms with Gasteiger partial charge in [-0.2, -0.15) is 0 Å². The summed E-state index contributed by atoms with van der Waals surface area (Å²) < 4.78 is 5.13. The van der Waals surface area contributed by atoms with Crippen molar-refractivity contribution in [1.82, 2.24) is 5.32 Å². The SMILES string of the molecule is O=C(COc1ccc(Cl)cc1[N+](=O)[O-])N[C@H](C(=O)O)c1ccccc1. The van der Waals surface area contributed by atoms with Gasteiger partial charge in [0, 0.05) is 11.1 Å². The highest BCUT2D eigenvalue weighted by Crippen LogP contribution is 2.29. The second kappa shape index (κ2) is 8.11. The van der Waals surface area contributed by atoms with E-state index in [1.165, 1.54) is 12.1 Å². The van der Waals surface area contributed by atoms with Gasteiger partial charge in [-0.3, -0.25) is 14.9 Å². The summed E-state index contributed by atoms with van der Waals surface area (Å²) in [7, 11) is 0. The number of halogens is 1. The van der Waals surface area contributed by atoms with Crippen LogP contribution in [0.15, 0.2) is 48.5 Å². The van der Waals surface area contributed by atoms with Crippen LogP contribution in [0.4, 0.5) is 5.69 Å². The van der Waals surface area contributed by atoms with E-state index in [2.05, 4.69) is 5.32 Å². The minimum absolute atomic E-state index is 0.142. The molecule has 2 aromatic carbocycles. The number of benzene rings is 2. The Morgan fingerprint density at radius 3 is 2.52 bits per heavy atom. The molecule has 0 fully saturated rings. The number of ether oxygens (including phenoxy) is 1. The summed E-state index contributed by atoms with van der Waals surface area (Å²) in [6.07, 6.45) is 0. The Hall–Kier alpha value is -3.13. The molecule has 0 aliphatic rings. The fourth-order valence-corrected chi connectivity index (χ4v) is 2.20. The highest BCUT2D eigenvalue weighted by Gasteiger charge is 2.23. The topological polar surface area (TPSA) is 119 Å². The number of rotatable bonds is 7. The molecular formula is C16H13ClN2O6. The summed E-state index contributed by atoms with van der Waals surface area (Å²) >= 11 is 5.69. The Kier molecular flexibility index (Phi) is 5.91. The summed E-state index contributed by atoms with van der Waals surface area (Å²) in [5.41, 5.74) is -0.000956. The van der Waals surface area contributed by atoms with Gasteiger partial charge in [-0.05, 0) is 17.7 Å². The summed E-state index contributed by atoms with van der Waals surface area (Å²) in [5, 5.41) is 22.7. The first-order valence-electron chi connectivity index (χ1n) is 7.02. The molecule has 2 aromatic rings. The van der Waals surface area contributed by atoms with E-state index < -0.39 is 35.1 Å².